The van der Waals surface area contributed by atoms with Gasteiger partial charge in [-0.25, -0.2) is 0 Å². The third kappa shape index (κ3) is 2.95. The summed E-state index contributed by atoms with van der Waals surface area (Å²) in [6.45, 7) is 1.96. The number of benzene rings is 1. The summed E-state index contributed by atoms with van der Waals surface area (Å²) >= 11 is 12.4. The summed E-state index contributed by atoms with van der Waals surface area (Å²) in [4.78, 5) is 28.3. The number of carbonyl (C=O) groups is 2. The Morgan fingerprint density at radius 2 is 1.73 bits per heavy atom. The van der Waals surface area contributed by atoms with Gasteiger partial charge in [0, 0.05) is 26.1 Å². The summed E-state index contributed by atoms with van der Waals surface area (Å²) in [7, 11) is 0. The molecule has 0 spiro atoms. The topological polar surface area (TPSA) is 40.6 Å². The van der Waals surface area contributed by atoms with Crippen LogP contribution in [0.1, 0.15) is 25.7 Å². The number of anilines is 1. The van der Waals surface area contributed by atoms with Crippen LogP contribution in [0.15, 0.2) is 18.2 Å². The van der Waals surface area contributed by atoms with E-state index in [0.29, 0.717) is 22.3 Å². The maximum absolute atomic E-state index is 12.6. The van der Waals surface area contributed by atoms with Crippen molar-refractivity contribution in [1.29, 1.82) is 0 Å². The van der Waals surface area contributed by atoms with E-state index in [-0.39, 0.29) is 24.2 Å². The van der Waals surface area contributed by atoms with Gasteiger partial charge in [-0.2, -0.15) is 0 Å². The number of hydrogen-bond acceptors (Lipinski definition) is 2. The number of hydrogen-bond donors (Lipinski definition) is 0. The number of likely N-dealkylation sites (tertiary alicyclic amines) is 1. The summed E-state index contributed by atoms with van der Waals surface area (Å²) in [5.74, 6) is -0.304. The second kappa shape index (κ2) is 6.47. The molecule has 22 heavy (non-hydrogen) atoms. The van der Waals surface area contributed by atoms with E-state index in [1.807, 2.05) is 4.90 Å². The fourth-order valence-corrected chi connectivity index (χ4v) is 3.81. The minimum Gasteiger partial charge on any atom is -0.342 e. The third-order valence-corrected chi connectivity index (χ3v) is 4.96. The second-order valence-electron chi connectivity index (χ2n) is 5.86. The normalized spacial score (nSPS) is 22.3. The Morgan fingerprint density at radius 1 is 1.09 bits per heavy atom. The first kappa shape index (κ1) is 15.6. The van der Waals surface area contributed by atoms with Gasteiger partial charge in [0.1, 0.15) is 0 Å². The summed E-state index contributed by atoms with van der Waals surface area (Å²) in [6, 6.07) is 5.15. The monoisotopic (exact) mass is 340 g/mol. The molecule has 0 aliphatic carbocycles. The van der Waals surface area contributed by atoms with Gasteiger partial charge in [-0.05, 0) is 31.4 Å². The molecular formula is C16H18Cl2N2O2. The van der Waals surface area contributed by atoms with Crippen LogP contribution >= 0.6 is 23.2 Å². The highest BCUT2D eigenvalue weighted by Crippen LogP contribution is 2.37. The highest BCUT2D eigenvalue weighted by atomic mass is 35.5. The maximum atomic E-state index is 12.6. The lowest BCUT2D eigenvalue weighted by Crippen LogP contribution is -2.40. The van der Waals surface area contributed by atoms with Crippen LogP contribution in [0, 0.1) is 5.92 Å². The second-order valence-corrected chi connectivity index (χ2v) is 6.68. The maximum Gasteiger partial charge on any atom is 0.228 e. The molecule has 0 aromatic heterocycles. The van der Waals surface area contributed by atoms with Crippen molar-refractivity contribution in [1.82, 2.24) is 4.90 Å². The van der Waals surface area contributed by atoms with Crippen LogP contribution in [0.25, 0.3) is 0 Å². The molecule has 2 amide bonds. The molecule has 1 aromatic carbocycles. The minimum absolute atomic E-state index is 0.0822. The molecule has 0 saturated carbocycles. The highest BCUT2D eigenvalue weighted by Gasteiger charge is 2.38. The van der Waals surface area contributed by atoms with Gasteiger partial charge in [-0.3, -0.25) is 9.59 Å². The Hall–Kier alpha value is -1.26. The molecule has 0 N–H and O–H groups in total. The van der Waals surface area contributed by atoms with Gasteiger partial charge in [0.15, 0.2) is 0 Å². The van der Waals surface area contributed by atoms with Crippen LogP contribution in [0.5, 0.6) is 0 Å². The fraction of sp³-hybridized carbons (Fsp3) is 0.500. The van der Waals surface area contributed by atoms with E-state index in [1.54, 1.807) is 23.1 Å². The number of halogens is 2. The van der Waals surface area contributed by atoms with Crippen molar-refractivity contribution < 1.29 is 9.59 Å². The van der Waals surface area contributed by atoms with E-state index >= 15 is 0 Å². The molecule has 0 bridgehead atoms. The smallest absolute Gasteiger partial charge is 0.228 e. The number of nitrogens with zero attached hydrogens (tertiary/aromatic N) is 2. The first-order valence-electron chi connectivity index (χ1n) is 7.61. The lowest BCUT2D eigenvalue weighted by atomic mass is 10.0. The van der Waals surface area contributed by atoms with Crippen molar-refractivity contribution in [3.8, 4) is 0 Å². The van der Waals surface area contributed by atoms with Crippen molar-refractivity contribution >= 4 is 40.7 Å². The van der Waals surface area contributed by atoms with E-state index in [9.17, 15) is 9.59 Å². The summed E-state index contributed by atoms with van der Waals surface area (Å²) in [5.41, 5.74) is 0.518. The Bertz CT molecular complexity index is 580. The largest absolute Gasteiger partial charge is 0.342 e. The van der Waals surface area contributed by atoms with Crippen LogP contribution in [0.4, 0.5) is 5.69 Å². The van der Waals surface area contributed by atoms with Gasteiger partial charge in [-0.15, -0.1) is 0 Å². The SMILES string of the molecule is O=C(C1CC(=O)N(c2c(Cl)cccc2Cl)C1)N1CCCCC1. The Labute approximate surface area is 140 Å². The Kier molecular flexibility index (Phi) is 4.59. The first-order valence-corrected chi connectivity index (χ1v) is 8.36. The molecular weight excluding hydrogens is 323 g/mol. The zero-order valence-corrected chi connectivity index (χ0v) is 13.7. The summed E-state index contributed by atoms with van der Waals surface area (Å²) in [6.07, 6.45) is 3.50. The van der Waals surface area contributed by atoms with E-state index < -0.39 is 0 Å². The van der Waals surface area contributed by atoms with Gasteiger partial charge in [0.2, 0.25) is 11.8 Å². The number of piperidine rings is 1. The molecule has 2 aliphatic rings. The molecule has 2 heterocycles. The minimum atomic E-state index is -0.294. The zero-order valence-electron chi connectivity index (χ0n) is 12.2. The molecule has 118 valence electrons. The molecule has 2 saturated heterocycles. The number of rotatable bonds is 2. The van der Waals surface area contributed by atoms with Crippen molar-refractivity contribution in [2.24, 2.45) is 5.92 Å². The van der Waals surface area contributed by atoms with Gasteiger partial charge < -0.3 is 9.80 Å². The van der Waals surface area contributed by atoms with Crippen molar-refractivity contribution in [3.05, 3.63) is 28.2 Å². The van der Waals surface area contributed by atoms with Crippen molar-refractivity contribution in [2.45, 2.75) is 25.7 Å². The fourth-order valence-electron chi connectivity index (χ4n) is 3.21. The van der Waals surface area contributed by atoms with E-state index in [2.05, 4.69) is 0 Å². The van der Waals surface area contributed by atoms with Crippen molar-refractivity contribution in [2.75, 3.05) is 24.5 Å². The van der Waals surface area contributed by atoms with Crippen LogP contribution < -0.4 is 4.90 Å². The van der Waals surface area contributed by atoms with E-state index in [4.69, 9.17) is 23.2 Å². The average molecular weight is 341 g/mol. The number of carbonyl (C=O) groups excluding carboxylic acids is 2. The number of amides is 2. The third-order valence-electron chi connectivity index (χ3n) is 4.35. The van der Waals surface area contributed by atoms with Crippen LogP contribution in [0.2, 0.25) is 10.0 Å². The van der Waals surface area contributed by atoms with E-state index in [0.717, 1.165) is 25.9 Å². The highest BCUT2D eigenvalue weighted by molar-refractivity contribution is 6.40. The average Bonchev–Trinajstić information content (AvgIpc) is 2.89. The molecule has 2 fully saturated rings. The van der Waals surface area contributed by atoms with Gasteiger partial charge in [0.05, 0.1) is 21.7 Å². The molecule has 6 heteroatoms. The molecule has 1 unspecified atom stereocenters. The zero-order chi connectivity index (χ0) is 15.7. The van der Waals surface area contributed by atoms with Crippen LogP contribution in [0.3, 0.4) is 0 Å². The molecule has 0 radical (unpaired) electrons. The quantitative estimate of drug-likeness (QED) is 0.828. The van der Waals surface area contributed by atoms with Gasteiger partial charge in [0.25, 0.3) is 0 Å². The lowest BCUT2D eigenvalue weighted by molar-refractivity contribution is -0.136. The van der Waals surface area contributed by atoms with Gasteiger partial charge in [-0.1, -0.05) is 29.3 Å². The van der Waals surface area contributed by atoms with Gasteiger partial charge >= 0.3 is 0 Å². The molecule has 1 aromatic rings. The standard InChI is InChI=1S/C16H18Cl2N2O2/c17-12-5-4-6-13(18)15(12)20-10-11(9-14(20)21)16(22)19-7-2-1-3-8-19/h4-6,11H,1-3,7-10H2. The Morgan fingerprint density at radius 3 is 2.36 bits per heavy atom. The predicted molar refractivity (Wildman–Crippen MR) is 87.4 cm³/mol. The van der Waals surface area contributed by atoms with Crippen LogP contribution in [-0.4, -0.2) is 36.3 Å². The molecule has 3 rings (SSSR count). The van der Waals surface area contributed by atoms with Crippen molar-refractivity contribution in [3.63, 3.8) is 0 Å². The van der Waals surface area contributed by atoms with E-state index in [1.165, 1.54) is 6.42 Å². The Balaban J connectivity index is 1.77. The predicted octanol–water partition coefficient (Wildman–Crippen LogP) is 3.36. The number of para-hydroxylation sites is 1. The summed E-state index contributed by atoms with van der Waals surface area (Å²) < 4.78 is 0. The molecule has 1 atom stereocenters. The van der Waals surface area contributed by atoms with Crippen LogP contribution in [-0.2, 0) is 9.59 Å². The lowest BCUT2D eigenvalue weighted by Gasteiger charge is -2.29. The first-order chi connectivity index (χ1) is 10.6. The molecule has 4 nitrogen and oxygen atoms in total. The molecule has 2 aliphatic heterocycles. The summed E-state index contributed by atoms with van der Waals surface area (Å²) in [5, 5.41) is 0.874.